The number of thiophene rings is 1. The number of benzene rings is 1. The average Bonchev–Trinajstić information content (AvgIpc) is 2.93. The molecule has 0 aliphatic heterocycles. The molecule has 0 saturated carbocycles. The van der Waals surface area contributed by atoms with Crippen molar-refractivity contribution in [3.63, 3.8) is 0 Å². The Hall–Kier alpha value is -0.940. The van der Waals surface area contributed by atoms with E-state index in [9.17, 15) is 9.50 Å². The molecule has 2 unspecified atom stereocenters. The van der Waals surface area contributed by atoms with Crippen molar-refractivity contribution in [2.45, 2.75) is 25.4 Å². The first-order chi connectivity index (χ1) is 9.58. The quantitative estimate of drug-likeness (QED) is 0.880. The number of hydrogen-bond acceptors (Lipinski definition) is 3. The van der Waals surface area contributed by atoms with E-state index in [1.165, 1.54) is 22.3 Å². The van der Waals surface area contributed by atoms with E-state index < -0.39 is 17.8 Å². The Bertz CT molecular complexity index is 587. The van der Waals surface area contributed by atoms with Crippen LogP contribution < -0.4 is 5.73 Å². The van der Waals surface area contributed by atoms with Gasteiger partial charge in [-0.1, -0.05) is 30.7 Å². The summed E-state index contributed by atoms with van der Waals surface area (Å²) < 4.78 is 14.1. The number of aryl methyl sites for hydroxylation is 1. The van der Waals surface area contributed by atoms with Crippen molar-refractivity contribution in [3.05, 3.63) is 56.5 Å². The zero-order valence-corrected chi connectivity index (χ0v) is 12.7. The van der Waals surface area contributed by atoms with Gasteiger partial charge in [0.25, 0.3) is 0 Å². The molecular weight excluding hydrogens is 297 g/mol. The van der Waals surface area contributed by atoms with Crippen LogP contribution in [-0.4, -0.2) is 11.7 Å². The monoisotopic (exact) mass is 313 g/mol. The van der Waals surface area contributed by atoms with Crippen LogP contribution in [0.3, 0.4) is 0 Å². The van der Waals surface area contributed by atoms with Gasteiger partial charge < -0.3 is 10.8 Å². The number of aliphatic hydroxyl groups is 1. The van der Waals surface area contributed by atoms with Crippen LogP contribution >= 0.6 is 22.9 Å². The normalized spacial score (nSPS) is 14.2. The lowest BCUT2D eigenvalue weighted by Crippen LogP contribution is -2.20. The van der Waals surface area contributed by atoms with E-state index in [0.29, 0.717) is 5.56 Å². The van der Waals surface area contributed by atoms with Gasteiger partial charge in [-0.3, -0.25) is 0 Å². The third kappa shape index (κ3) is 3.04. The van der Waals surface area contributed by atoms with Crippen LogP contribution in [-0.2, 0) is 6.42 Å². The maximum atomic E-state index is 14.1. The van der Waals surface area contributed by atoms with Gasteiger partial charge in [0.05, 0.1) is 11.1 Å². The van der Waals surface area contributed by atoms with Gasteiger partial charge in [-0.25, -0.2) is 4.39 Å². The largest absolute Gasteiger partial charge is 0.387 e. The molecule has 2 atom stereocenters. The van der Waals surface area contributed by atoms with Crippen LogP contribution in [0.4, 0.5) is 4.39 Å². The molecule has 0 aliphatic carbocycles. The first-order valence-corrected chi connectivity index (χ1v) is 7.68. The second-order valence-corrected chi connectivity index (χ2v) is 6.19. The summed E-state index contributed by atoms with van der Waals surface area (Å²) >= 11 is 7.33. The van der Waals surface area contributed by atoms with E-state index in [2.05, 4.69) is 6.92 Å². The molecule has 1 aromatic heterocycles. The fourth-order valence-electron chi connectivity index (χ4n) is 2.17. The highest BCUT2D eigenvalue weighted by Gasteiger charge is 2.26. The molecule has 0 aliphatic rings. The van der Waals surface area contributed by atoms with Crippen LogP contribution in [0.25, 0.3) is 0 Å². The van der Waals surface area contributed by atoms with Gasteiger partial charge in [0.2, 0.25) is 0 Å². The molecule has 0 amide bonds. The van der Waals surface area contributed by atoms with Crippen molar-refractivity contribution < 1.29 is 9.50 Å². The zero-order valence-electron chi connectivity index (χ0n) is 11.1. The molecule has 5 heteroatoms. The highest BCUT2D eigenvalue weighted by atomic mass is 35.5. The summed E-state index contributed by atoms with van der Waals surface area (Å²) in [6.45, 7) is 2.21. The lowest BCUT2D eigenvalue weighted by molar-refractivity contribution is 0.149. The molecule has 20 heavy (non-hydrogen) atoms. The van der Waals surface area contributed by atoms with Gasteiger partial charge in [0.15, 0.2) is 0 Å². The number of nitrogens with two attached hydrogens (primary N) is 1. The summed E-state index contributed by atoms with van der Waals surface area (Å²) in [5.74, 6) is -1.01. The maximum Gasteiger partial charge on any atom is 0.145 e. The molecular formula is C15H17ClFNOS. The Morgan fingerprint density at radius 2 is 2.10 bits per heavy atom. The van der Waals surface area contributed by atoms with E-state index in [0.717, 1.165) is 11.3 Å². The predicted octanol–water partition coefficient (Wildman–Crippen LogP) is 3.88. The number of aliphatic hydroxyl groups excluding tert-OH is 1. The second-order valence-electron chi connectivity index (χ2n) is 4.59. The Morgan fingerprint density at radius 1 is 1.35 bits per heavy atom. The Morgan fingerprint density at radius 3 is 2.70 bits per heavy atom. The van der Waals surface area contributed by atoms with Gasteiger partial charge in [0.1, 0.15) is 5.82 Å². The van der Waals surface area contributed by atoms with Crippen LogP contribution in [0, 0.1) is 5.82 Å². The summed E-state index contributed by atoms with van der Waals surface area (Å²) in [6.07, 6.45) is 0.0919. The minimum absolute atomic E-state index is 0.0496. The molecule has 2 rings (SSSR count). The lowest BCUT2D eigenvalue weighted by atomic mass is 9.92. The van der Waals surface area contributed by atoms with E-state index in [4.69, 9.17) is 17.3 Å². The maximum absolute atomic E-state index is 14.1. The van der Waals surface area contributed by atoms with E-state index in [1.54, 1.807) is 12.1 Å². The Labute approximate surface area is 127 Å². The van der Waals surface area contributed by atoms with Crippen LogP contribution in [0.5, 0.6) is 0 Å². The number of rotatable bonds is 5. The fourth-order valence-corrected chi connectivity index (χ4v) is 3.36. The molecule has 0 bridgehead atoms. The molecule has 0 fully saturated rings. The highest BCUT2D eigenvalue weighted by Crippen LogP contribution is 2.36. The summed E-state index contributed by atoms with van der Waals surface area (Å²) in [6, 6.07) is 8.63. The second kappa shape index (κ2) is 6.68. The molecule has 0 radical (unpaired) electrons. The SMILES string of the molecule is CCc1ccc(C(O)C(CN)c2cccc(Cl)c2F)s1. The lowest BCUT2D eigenvalue weighted by Gasteiger charge is -2.21. The van der Waals surface area contributed by atoms with Crippen LogP contribution in [0.15, 0.2) is 30.3 Å². The van der Waals surface area contributed by atoms with Gasteiger partial charge in [-0.15, -0.1) is 11.3 Å². The molecule has 3 N–H and O–H groups in total. The topological polar surface area (TPSA) is 46.2 Å². The van der Waals surface area contributed by atoms with Crippen molar-refractivity contribution in [1.82, 2.24) is 0 Å². The molecule has 2 nitrogen and oxygen atoms in total. The molecule has 1 heterocycles. The predicted molar refractivity (Wildman–Crippen MR) is 81.9 cm³/mol. The van der Waals surface area contributed by atoms with Crippen molar-refractivity contribution in [1.29, 1.82) is 0 Å². The summed E-state index contributed by atoms with van der Waals surface area (Å²) in [7, 11) is 0. The Balaban J connectivity index is 2.34. The summed E-state index contributed by atoms with van der Waals surface area (Å²) in [5.41, 5.74) is 6.10. The van der Waals surface area contributed by atoms with E-state index in [-0.39, 0.29) is 11.6 Å². The molecule has 0 spiro atoms. The van der Waals surface area contributed by atoms with Crippen LogP contribution in [0.2, 0.25) is 5.02 Å². The summed E-state index contributed by atoms with van der Waals surface area (Å²) in [5, 5.41) is 10.5. The molecule has 0 saturated heterocycles. The van der Waals surface area contributed by atoms with Crippen LogP contribution in [0.1, 0.15) is 34.3 Å². The minimum atomic E-state index is -0.821. The smallest absolute Gasteiger partial charge is 0.145 e. The van der Waals surface area contributed by atoms with Gasteiger partial charge in [-0.2, -0.15) is 0 Å². The third-order valence-corrected chi connectivity index (χ3v) is 4.93. The average molecular weight is 314 g/mol. The Kier molecular flexibility index (Phi) is 5.16. The molecule has 2 aromatic rings. The third-order valence-electron chi connectivity index (χ3n) is 3.34. The number of halogens is 2. The number of hydrogen-bond donors (Lipinski definition) is 2. The first-order valence-electron chi connectivity index (χ1n) is 6.49. The standard InChI is InChI=1S/C15H17ClFNOS/c1-2-9-6-7-13(20-9)15(19)11(8-18)10-4-3-5-12(16)14(10)17/h3-7,11,15,19H,2,8,18H2,1H3. The van der Waals surface area contributed by atoms with Gasteiger partial charge in [0, 0.05) is 22.2 Å². The fraction of sp³-hybridized carbons (Fsp3) is 0.333. The van der Waals surface area contributed by atoms with E-state index in [1.807, 2.05) is 12.1 Å². The van der Waals surface area contributed by atoms with Crippen molar-refractivity contribution in [3.8, 4) is 0 Å². The first kappa shape index (κ1) is 15.4. The van der Waals surface area contributed by atoms with Gasteiger partial charge in [-0.05, 0) is 30.2 Å². The zero-order chi connectivity index (χ0) is 14.7. The summed E-state index contributed by atoms with van der Waals surface area (Å²) in [4.78, 5) is 1.98. The van der Waals surface area contributed by atoms with Crippen molar-refractivity contribution >= 4 is 22.9 Å². The minimum Gasteiger partial charge on any atom is -0.387 e. The molecule has 108 valence electrons. The van der Waals surface area contributed by atoms with Crippen molar-refractivity contribution in [2.24, 2.45) is 5.73 Å². The van der Waals surface area contributed by atoms with Gasteiger partial charge >= 0.3 is 0 Å². The highest BCUT2D eigenvalue weighted by molar-refractivity contribution is 7.12. The van der Waals surface area contributed by atoms with Crippen molar-refractivity contribution in [2.75, 3.05) is 6.54 Å². The van der Waals surface area contributed by atoms with E-state index >= 15 is 0 Å². The molecule has 1 aromatic carbocycles.